The van der Waals surface area contributed by atoms with Crippen molar-refractivity contribution in [1.29, 1.82) is 0 Å². The summed E-state index contributed by atoms with van der Waals surface area (Å²) >= 11 is 1.74. The van der Waals surface area contributed by atoms with Crippen LogP contribution in [0.1, 0.15) is 13.3 Å². The second kappa shape index (κ2) is 3.76. The lowest BCUT2D eigenvalue weighted by atomic mass is 10.3. The van der Waals surface area contributed by atoms with Gasteiger partial charge in [-0.25, -0.2) is 0 Å². The predicted molar refractivity (Wildman–Crippen MR) is 42.5 cm³/mol. The van der Waals surface area contributed by atoms with E-state index in [9.17, 15) is 9.59 Å². The van der Waals surface area contributed by atoms with Crippen LogP contribution >= 0.6 is 11.8 Å². The van der Waals surface area contributed by atoms with E-state index in [1.54, 1.807) is 11.8 Å². The maximum absolute atomic E-state index is 10.8. The summed E-state index contributed by atoms with van der Waals surface area (Å²) in [6.07, 6.45) is -0.0203. The lowest BCUT2D eigenvalue weighted by Crippen LogP contribution is -2.31. The van der Waals surface area contributed by atoms with Crippen LogP contribution in [0.3, 0.4) is 0 Å². The molecule has 0 radical (unpaired) electrons. The molecule has 1 heterocycles. The summed E-state index contributed by atoms with van der Waals surface area (Å²) in [6.45, 7) is 1.39. The summed E-state index contributed by atoms with van der Waals surface area (Å²) in [5.74, 6) is 1.23. The molecule has 0 aromatic rings. The Labute approximate surface area is 69.5 Å². The average molecular weight is 174 g/mol. The van der Waals surface area contributed by atoms with Gasteiger partial charge in [0.15, 0.2) is 0 Å². The Bertz CT molecular complexity index is 175. The second-order valence-corrected chi connectivity index (χ2v) is 3.60. The summed E-state index contributed by atoms with van der Waals surface area (Å²) in [7, 11) is 0. The monoisotopic (exact) mass is 174 g/mol. The third-order valence-electron chi connectivity index (χ3n) is 1.30. The Balaban J connectivity index is 2.14. The standard InChI is InChI=1S/C7H10O3S/c1-5(8)2-7(9)10-6-3-11-4-6/h6H,2-4H2,1H3. The van der Waals surface area contributed by atoms with Crippen LogP contribution in [0.4, 0.5) is 0 Å². The van der Waals surface area contributed by atoms with Gasteiger partial charge in [-0.15, -0.1) is 0 Å². The number of carbonyl (C=O) groups is 2. The van der Waals surface area contributed by atoms with Gasteiger partial charge < -0.3 is 4.74 Å². The third kappa shape index (κ3) is 2.93. The fourth-order valence-corrected chi connectivity index (χ4v) is 1.28. The van der Waals surface area contributed by atoms with Gasteiger partial charge in [-0.05, 0) is 6.92 Å². The number of esters is 1. The van der Waals surface area contributed by atoms with Crippen LogP contribution in [0.15, 0.2) is 0 Å². The molecule has 0 N–H and O–H groups in total. The molecule has 0 bridgehead atoms. The van der Waals surface area contributed by atoms with E-state index in [0.717, 1.165) is 11.5 Å². The number of hydrogen-bond donors (Lipinski definition) is 0. The lowest BCUT2D eigenvalue weighted by Gasteiger charge is -2.24. The van der Waals surface area contributed by atoms with Crippen LogP contribution in [0.25, 0.3) is 0 Å². The minimum atomic E-state index is -0.386. The highest BCUT2D eigenvalue weighted by Crippen LogP contribution is 2.20. The van der Waals surface area contributed by atoms with Crippen molar-refractivity contribution in [2.24, 2.45) is 0 Å². The van der Waals surface area contributed by atoms with Crippen LogP contribution < -0.4 is 0 Å². The van der Waals surface area contributed by atoms with E-state index in [4.69, 9.17) is 4.74 Å². The predicted octanol–water partition coefficient (Wildman–Crippen LogP) is 0.624. The minimum Gasteiger partial charge on any atom is -0.460 e. The molecule has 0 saturated carbocycles. The number of ether oxygens (including phenoxy) is 1. The molecule has 0 spiro atoms. The fraction of sp³-hybridized carbons (Fsp3) is 0.714. The molecule has 4 heteroatoms. The maximum Gasteiger partial charge on any atom is 0.313 e. The normalized spacial score (nSPS) is 17.2. The molecule has 1 saturated heterocycles. The molecule has 0 aromatic carbocycles. The van der Waals surface area contributed by atoms with Crippen LogP contribution in [-0.4, -0.2) is 29.4 Å². The largest absolute Gasteiger partial charge is 0.460 e. The van der Waals surface area contributed by atoms with Crippen LogP contribution in [-0.2, 0) is 14.3 Å². The molecule has 0 atom stereocenters. The number of rotatable bonds is 3. The molecule has 3 nitrogen and oxygen atoms in total. The summed E-state index contributed by atoms with van der Waals surface area (Å²) in [6, 6.07) is 0. The summed E-state index contributed by atoms with van der Waals surface area (Å²) < 4.78 is 4.92. The van der Waals surface area contributed by atoms with Gasteiger partial charge in [0, 0.05) is 11.5 Å². The van der Waals surface area contributed by atoms with Crippen molar-refractivity contribution in [1.82, 2.24) is 0 Å². The van der Waals surface area contributed by atoms with Gasteiger partial charge in [0.05, 0.1) is 0 Å². The maximum atomic E-state index is 10.8. The van der Waals surface area contributed by atoms with E-state index in [1.165, 1.54) is 6.92 Å². The Kier molecular flexibility index (Phi) is 2.93. The molecule has 1 aliphatic rings. The first-order valence-electron chi connectivity index (χ1n) is 3.45. The molecule has 0 aliphatic carbocycles. The number of Topliss-reactive ketones (excluding diaryl/α,β-unsaturated/α-hetero) is 1. The van der Waals surface area contributed by atoms with Crippen molar-refractivity contribution < 1.29 is 14.3 Å². The van der Waals surface area contributed by atoms with E-state index in [-0.39, 0.29) is 24.3 Å². The molecule has 1 rings (SSSR count). The van der Waals surface area contributed by atoms with Crippen molar-refractivity contribution in [2.75, 3.05) is 11.5 Å². The Morgan fingerprint density at radius 1 is 1.55 bits per heavy atom. The molecule has 1 aliphatic heterocycles. The zero-order valence-electron chi connectivity index (χ0n) is 6.33. The quantitative estimate of drug-likeness (QED) is 0.465. The van der Waals surface area contributed by atoms with Crippen LogP contribution in [0.5, 0.6) is 0 Å². The second-order valence-electron chi connectivity index (χ2n) is 2.53. The molecule has 0 amide bonds. The molecular weight excluding hydrogens is 164 g/mol. The van der Waals surface area contributed by atoms with Gasteiger partial charge in [-0.1, -0.05) is 0 Å². The first kappa shape index (κ1) is 8.59. The van der Waals surface area contributed by atoms with E-state index in [2.05, 4.69) is 0 Å². The van der Waals surface area contributed by atoms with Crippen molar-refractivity contribution in [2.45, 2.75) is 19.4 Å². The van der Waals surface area contributed by atoms with Crippen LogP contribution in [0.2, 0.25) is 0 Å². The highest BCUT2D eigenvalue weighted by molar-refractivity contribution is 8.00. The van der Waals surface area contributed by atoms with E-state index < -0.39 is 0 Å². The van der Waals surface area contributed by atoms with Crippen molar-refractivity contribution in [3.05, 3.63) is 0 Å². The number of hydrogen-bond acceptors (Lipinski definition) is 4. The number of thioether (sulfide) groups is 1. The summed E-state index contributed by atoms with van der Waals surface area (Å²) in [5.41, 5.74) is 0. The molecule has 62 valence electrons. The van der Waals surface area contributed by atoms with Crippen molar-refractivity contribution in [3.63, 3.8) is 0 Å². The Morgan fingerprint density at radius 3 is 2.55 bits per heavy atom. The topological polar surface area (TPSA) is 43.4 Å². The zero-order chi connectivity index (χ0) is 8.27. The van der Waals surface area contributed by atoms with Gasteiger partial charge in [0.1, 0.15) is 18.3 Å². The highest BCUT2D eigenvalue weighted by atomic mass is 32.2. The minimum absolute atomic E-state index is 0.0619. The Morgan fingerprint density at radius 2 is 2.18 bits per heavy atom. The van der Waals surface area contributed by atoms with Gasteiger partial charge >= 0.3 is 5.97 Å². The summed E-state index contributed by atoms with van der Waals surface area (Å²) in [4.78, 5) is 21.2. The van der Waals surface area contributed by atoms with E-state index >= 15 is 0 Å². The fourth-order valence-electron chi connectivity index (χ4n) is 0.713. The van der Waals surface area contributed by atoms with Crippen LogP contribution in [0, 0.1) is 0 Å². The van der Waals surface area contributed by atoms with Gasteiger partial charge in [-0.3, -0.25) is 9.59 Å². The molecule has 1 fully saturated rings. The third-order valence-corrected chi connectivity index (χ3v) is 2.51. The van der Waals surface area contributed by atoms with Gasteiger partial charge in [0.2, 0.25) is 0 Å². The van der Waals surface area contributed by atoms with Gasteiger partial charge in [0.25, 0.3) is 0 Å². The first-order valence-corrected chi connectivity index (χ1v) is 4.60. The first-order chi connectivity index (χ1) is 5.18. The molecular formula is C7H10O3S. The SMILES string of the molecule is CC(=O)CC(=O)OC1CSC1. The smallest absolute Gasteiger partial charge is 0.313 e. The average Bonchev–Trinajstić information content (AvgIpc) is 1.77. The molecule has 0 unspecified atom stereocenters. The molecule has 0 aromatic heterocycles. The molecule has 11 heavy (non-hydrogen) atoms. The number of carbonyl (C=O) groups excluding carboxylic acids is 2. The van der Waals surface area contributed by atoms with Crippen molar-refractivity contribution in [3.8, 4) is 0 Å². The summed E-state index contributed by atoms with van der Waals surface area (Å²) in [5, 5.41) is 0. The van der Waals surface area contributed by atoms with E-state index in [1.807, 2.05) is 0 Å². The highest BCUT2D eigenvalue weighted by Gasteiger charge is 2.22. The number of ketones is 1. The lowest BCUT2D eigenvalue weighted by molar-refractivity contribution is -0.149. The van der Waals surface area contributed by atoms with Gasteiger partial charge in [-0.2, -0.15) is 11.8 Å². The van der Waals surface area contributed by atoms with E-state index in [0.29, 0.717) is 0 Å². The zero-order valence-corrected chi connectivity index (χ0v) is 7.15. The Hall–Kier alpha value is -0.510. The van der Waals surface area contributed by atoms with Crippen molar-refractivity contribution >= 4 is 23.5 Å².